The number of carbonyl (C=O) groups is 1. The Morgan fingerprint density at radius 1 is 1.09 bits per heavy atom. The molecule has 0 aliphatic rings. The first kappa shape index (κ1) is 21.9. The first-order valence-electron chi connectivity index (χ1n) is 9.93. The van der Waals surface area contributed by atoms with Gasteiger partial charge in [-0.25, -0.2) is 4.98 Å². The molecule has 0 saturated heterocycles. The van der Waals surface area contributed by atoms with E-state index in [1.165, 1.54) is 0 Å². The van der Waals surface area contributed by atoms with Crippen molar-refractivity contribution >= 4 is 51.6 Å². The molecule has 0 fully saturated rings. The minimum atomic E-state index is -0.878. The van der Waals surface area contributed by atoms with E-state index >= 15 is 0 Å². The van der Waals surface area contributed by atoms with Crippen LogP contribution in [0.3, 0.4) is 0 Å². The van der Waals surface area contributed by atoms with Gasteiger partial charge in [0.1, 0.15) is 5.82 Å². The fourth-order valence-electron chi connectivity index (χ4n) is 3.62. The smallest absolute Gasteiger partial charge is 0.307 e. The molecule has 4 aromatic rings. The number of aliphatic carboxylic acids is 1. The average Bonchev–Trinajstić information content (AvgIpc) is 2.75. The normalized spacial score (nSPS) is 11.0. The highest BCUT2D eigenvalue weighted by Gasteiger charge is 2.16. The van der Waals surface area contributed by atoms with Crippen LogP contribution in [0.15, 0.2) is 65.6 Å². The number of anilines is 2. The lowest BCUT2D eigenvalue weighted by molar-refractivity contribution is -0.136. The third-order valence-corrected chi connectivity index (χ3v) is 5.74. The van der Waals surface area contributed by atoms with Gasteiger partial charge in [0.05, 0.1) is 27.5 Å². The third-order valence-electron chi connectivity index (χ3n) is 5.11. The van der Waals surface area contributed by atoms with Gasteiger partial charge in [-0.1, -0.05) is 41.4 Å². The molecule has 2 aromatic carbocycles. The average molecular weight is 468 g/mol. The standard InChI is InChI=1S/C24H19Cl2N3O3/c1-2-29-20-12-21(28-16-8-6-14(7-9-16)10-22(30)31)27-13-15(20)11-17(24(29)32)23-18(25)4-3-5-19(23)26/h3-9,11-13H,2,10H2,1H3,(H,27,28)(H,30,31). The van der Waals surface area contributed by atoms with Crippen molar-refractivity contribution in [3.05, 3.63) is 86.8 Å². The molecule has 162 valence electrons. The van der Waals surface area contributed by atoms with Crippen LogP contribution in [-0.2, 0) is 17.8 Å². The SMILES string of the molecule is CCn1c(=O)c(-c2c(Cl)cccc2Cl)cc2cnc(Nc3ccc(CC(=O)O)cc3)cc21. The summed E-state index contributed by atoms with van der Waals surface area (Å²) in [4.78, 5) is 28.6. The molecule has 0 aliphatic heterocycles. The Hall–Kier alpha value is -3.35. The van der Waals surface area contributed by atoms with Crippen LogP contribution in [0, 0.1) is 0 Å². The zero-order valence-electron chi connectivity index (χ0n) is 17.1. The summed E-state index contributed by atoms with van der Waals surface area (Å²) in [7, 11) is 0. The van der Waals surface area contributed by atoms with Gasteiger partial charge >= 0.3 is 5.97 Å². The largest absolute Gasteiger partial charge is 0.481 e. The summed E-state index contributed by atoms with van der Waals surface area (Å²) in [5.41, 5.74) is 2.94. The number of rotatable bonds is 6. The lowest BCUT2D eigenvalue weighted by atomic mass is 10.0. The lowest BCUT2D eigenvalue weighted by Gasteiger charge is -2.14. The minimum absolute atomic E-state index is 0.0327. The van der Waals surface area contributed by atoms with E-state index in [-0.39, 0.29) is 12.0 Å². The maximum Gasteiger partial charge on any atom is 0.307 e. The number of nitrogens with one attached hydrogen (secondary N) is 1. The van der Waals surface area contributed by atoms with E-state index < -0.39 is 5.97 Å². The van der Waals surface area contributed by atoms with Crippen molar-refractivity contribution in [3.8, 4) is 11.1 Å². The van der Waals surface area contributed by atoms with Crippen LogP contribution in [0.25, 0.3) is 22.0 Å². The predicted molar refractivity (Wildman–Crippen MR) is 128 cm³/mol. The van der Waals surface area contributed by atoms with Crippen molar-refractivity contribution in [2.45, 2.75) is 19.9 Å². The Morgan fingerprint density at radius 3 is 2.41 bits per heavy atom. The summed E-state index contributed by atoms with van der Waals surface area (Å²) >= 11 is 12.7. The zero-order chi connectivity index (χ0) is 22.8. The van der Waals surface area contributed by atoms with Crippen LogP contribution in [0.1, 0.15) is 12.5 Å². The lowest BCUT2D eigenvalue weighted by Crippen LogP contribution is -2.21. The molecular formula is C24H19Cl2N3O3. The van der Waals surface area contributed by atoms with E-state index in [0.717, 1.165) is 16.6 Å². The number of carboxylic acids is 1. The molecule has 0 atom stereocenters. The number of hydrogen-bond acceptors (Lipinski definition) is 4. The topological polar surface area (TPSA) is 84.2 Å². The third kappa shape index (κ3) is 4.33. The number of carboxylic acid groups (broad SMARTS) is 1. The fraction of sp³-hybridized carbons (Fsp3) is 0.125. The van der Waals surface area contributed by atoms with Crippen LogP contribution in [0.4, 0.5) is 11.5 Å². The number of benzene rings is 2. The van der Waals surface area contributed by atoms with E-state index in [2.05, 4.69) is 10.3 Å². The van der Waals surface area contributed by atoms with E-state index in [9.17, 15) is 9.59 Å². The second-order valence-corrected chi connectivity index (χ2v) is 8.04. The summed E-state index contributed by atoms with van der Waals surface area (Å²) in [5.74, 6) is -0.314. The second-order valence-electron chi connectivity index (χ2n) is 7.22. The van der Waals surface area contributed by atoms with E-state index in [4.69, 9.17) is 28.3 Å². The highest BCUT2D eigenvalue weighted by molar-refractivity contribution is 6.39. The van der Waals surface area contributed by atoms with Gasteiger partial charge in [-0.05, 0) is 42.8 Å². The highest BCUT2D eigenvalue weighted by Crippen LogP contribution is 2.34. The molecule has 0 bridgehead atoms. The van der Waals surface area contributed by atoms with Crippen LogP contribution in [0.2, 0.25) is 10.0 Å². The molecule has 0 spiro atoms. The number of fused-ring (bicyclic) bond motifs is 1. The summed E-state index contributed by atoms with van der Waals surface area (Å²) in [5, 5.41) is 13.7. The maximum absolute atomic E-state index is 13.3. The van der Waals surface area contributed by atoms with Crippen molar-refractivity contribution in [2.75, 3.05) is 5.32 Å². The molecule has 2 aromatic heterocycles. The number of halogens is 2. The van der Waals surface area contributed by atoms with Crippen LogP contribution in [-0.4, -0.2) is 20.6 Å². The number of aryl methyl sites for hydroxylation is 1. The van der Waals surface area contributed by atoms with E-state index in [1.54, 1.807) is 59.3 Å². The van der Waals surface area contributed by atoms with Gasteiger partial charge in [0.2, 0.25) is 0 Å². The van der Waals surface area contributed by atoms with Gasteiger partial charge in [-0.2, -0.15) is 0 Å². The molecule has 2 heterocycles. The first-order chi connectivity index (χ1) is 15.4. The summed E-state index contributed by atoms with van der Waals surface area (Å²) in [6.07, 6.45) is 1.66. The quantitative estimate of drug-likeness (QED) is 0.376. The van der Waals surface area contributed by atoms with Crippen LogP contribution in [0.5, 0.6) is 0 Å². The van der Waals surface area contributed by atoms with Gasteiger partial charge in [0.25, 0.3) is 5.56 Å². The van der Waals surface area contributed by atoms with Crippen molar-refractivity contribution in [2.24, 2.45) is 0 Å². The van der Waals surface area contributed by atoms with Gasteiger partial charge < -0.3 is 15.0 Å². The number of aromatic nitrogens is 2. The molecule has 0 radical (unpaired) electrons. The minimum Gasteiger partial charge on any atom is -0.481 e. The first-order valence-corrected chi connectivity index (χ1v) is 10.7. The van der Waals surface area contributed by atoms with Crippen molar-refractivity contribution in [3.63, 3.8) is 0 Å². The maximum atomic E-state index is 13.3. The molecule has 0 aliphatic carbocycles. The van der Waals surface area contributed by atoms with E-state index in [1.807, 2.05) is 13.0 Å². The molecule has 2 N–H and O–H groups in total. The predicted octanol–water partition coefficient (Wildman–Crippen LogP) is 5.76. The Morgan fingerprint density at radius 2 is 1.78 bits per heavy atom. The Bertz CT molecular complexity index is 1360. The number of hydrogen-bond donors (Lipinski definition) is 2. The number of pyridine rings is 2. The van der Waals surface area contributed by atoms with Gasteiger partial charge in [-0.15, -0.1) is 0 Å². The van der Waals surface area contributed by atoms with Crippen LogP contribution >= 0.6 is 23.2 Å². The Kier molecular flexibility index (Phi) is 6.17. The summed E-state index contributed by atoms with van der Waals surface area (Å²) in [6, 6.07) is 15.8. The molecule has 0 unspecified atom stereocenters. The van der Waals surface area contributed by atoms with Gasteiger partial charge in [0, 0.05) is 35.4 Å². The van der Waals surface area contributed by atoms with Crippen molar-refractivity contribution in [1.29, 1.82) is 0 Å². The summed E-state index contributed by atoms with van der Waals surface area (Å²) in [6.45, 7) is 2.35. The van der Waals surface area contributed by atoms with Gasteiger partial charge in [-0.3, -0.25) is 9.59 Å². The molecular weight excluding hydrogens is 449 g/mol. The fourth-order valence-corrected chi connectivity index (χ4v) is 4.22. The molecule has 4 rings (SSSR count). The second kappa shape index (κ2) is 9.02. The Labute approximate surface area is 194 Å². The monoisotopic (exact) mass is 467 g/mol. The van der Waals surface area contributed by atoms with Gasteiger partial charge in [0.15, 0.2) is 0 Å². The molecule has 0 amide bonds. The summed E-state index contributed by atoms with van der Waals surface area (Å²) < 4.78 is 1.66. The number of nitrogens with zero attached hydrogens (tertiary/aromatic N) is 2. The van der Waals surface area contributed by atoms with Crippen molar-refractivity contribution in [1.82, 2.24) is 9.55 Å². The van der Waals surface area contributed by atoms with Crippen molar-refractivity contribution < 1.29 is 9.90 Å². The molecule has 32 heavy (non-hydrogen) atoms. The van der Waals surface area contributed by atoms with E-state index in [0.29, 0.717) is 39.1 Å². The molecule has 0 saturated carbocycles. The van der Waals surface area contributed by atoms with Crippen LogP contribution < -0.4 is 10.9 Å². The molecule has 6 nitrogen and oxygen atoms in total. The molecule has 8 heteroatoms. The highest BCUT2D eigenvalue weighted by atomic mass is 35.5. The zero-order valence-corrected chi connectivity index (χ0v) is 18.6. The Balaban J connectivity index is 1.75.